The van der Waals surface area contributed by atoms with E-state index in [1.54, 1.807) is 29.1 Å². The van der Waals surface area contributed by atoms with E-state index in [1.807, 2.05) is 31.2 Å². The fourth-order valence-electron chi connectivity index (χ4n) is 5.07. The predicted octanol–water partition coefficient (Wildman–Crippen LogP) is 4.26. The van der Waals surface area contributed by atoms with Crippen LogP contribution in [0.2, 0.25) is 5.02 Å². The van der Waals surface area contributed by atoms with E-state index in [0.717, 1.165) is 69.3 Å². The van der Waals surface area contributed by atoms with Crippen LogP contribution in [0, 0.1) is 18.3 Å². The van der Waals surface area contributed by atoms with Crippen molar-refractivity contribution in [3.05, 3.63) is 70.5 Å². The molecule has 5 rings (SSSR count). The summed E-state index contributed by atoms with van der Waals surface area (Å²) in [6.45, 7) is 7.29. The molecule has 2 aromatic carbocycles. The molecule has 36 heavy (non-hydrogen) atoms. The third-order valence-electron chi connectivity index (χ3n) is 7.07. The van der Waals surface area contributed by atoms with E-state index < -0.39 is 0 Å². The van der Waals surface area contributed by atoms with Gasteiger partial charge in [-0.25, -0.2) is 4.68 Å². The molecule has 186 valence electrons. The first-order valence-corrected chi connectivity index (χ1v) is 12.6. The molecule has 1 amide bonds. The number of nitrogens with zero attached hydrogens (tertiary/aromatic N) is 5. The molecule has 0 aliphatic carbocycles. The van der Waals surface area contributed by atoms with Crippen molar-refractivity contribution in [2.75, 3.05) is 49.6 Å². The van der Waals surface area contributed by atoms with Gasteiger partial charge in [-0.1, -0.05) is 11.6 Å². The number of hydrogen-bond acceptors (Lipinski definition) is 6. The molecule has 9 heteroatoms. The molecular weight excluding hydrogens is 476 g/mol. The Morgan fingerprint density at radius 1 is 1.11 bits per heavy atom. The minimum atomic E-state index is -0.268. The van der Waals surface area contributed by atoms with Gasteiger partial charge in [-0.3, -0.25) is 9.69 Å². The zero-order valence-electron chi connectivity index (χ0n) is 20.3. The average molecular weight is 505 g/mol. The topological polar surface area (TPSA) is 86.4 Å². The van der Waals surface area contributed by atoms with Crippen molar-refractivity contribution in [2.24, 2.45) is 0 Å². The monoisotopic (exact) mass is 504 g/mol. The van der Waals surface area contributed by atoms with E-state index in [2.05, 4.69) is 26.3 Å². The van der Waals surface area contributed by atoms with Gasteiger partial charge in [-0.15, -0.1) is 0 Å². The Hall–Kier alpha value is -3.38. The third kappa shape index (κ3) is 5.09. The standard InChI is InChI=1S/C27H29ClN6O2/c1-19-25(18-30-34(19)24-5-2-21(28)3-6-24)27(35)31-22-4-7-26(20(16-22)17-29)33-10-8-23(9-11-33)32-12-14-36-15-13-32/h2-7,16,18,23H,8-15H2,1H3,(H,31,35). The molecule has 2 saturated heterocycles. The zero-order valence-corrected chi connectivity index (χ0v) is 21.0. The van der Waals surface area contributed by atoms with Crippen LogP contribution in [-0.2, 0) is 4.74 Å². The summed E-state index contributed by atoms with van der Waals surface area (Å²) in [4.78, 5) is 17.8. The smallest absolute Gasteiger partial charge is 0.259 e. The summed E-state index contributed by atoms with van der Waals surface area (Å²) in [5.74, 6) is -0.268. The normalized spacial score (nSPS) is 17.1. The number of halogens is 1. The Kier molecular flexibility index (Phi) is 7.23. The van der Waals surface area contributed by atoms with Crippen LogP contribution < -0.4 is 10.2 Å². The minimum Gasteiger partial charge on any atom is -0.379 e. The number of carbonyl (C=O) groups excluding carboxylic acids is 1. The number of amides is 1. The van der Waals surface area contributed by atoms with E-state index in [0.29, 0.717) is 27.9 Å². The van der Waals surface area contributed by atoms with E-state index in [4.69, 9.17) is 16.3 Å². The fourth-order valence-corrected chi connectivity index (χ4v) is 5.19. The van der Waals surface area contributed by atoms with Gasteiger partial charge in [0.15, 0.2) is 0 Å². The number of aromatic nitrogens is 2. The predicted molar refractivity (Wildman–Crippen MR) is 140 cm³/mol. The maximum Gasteiger partial charge on any atom is 0.259 e. The summed E-state index contributed by atoms with van der Waals surface area (Å²) in [6.07, 6.45) is 3.69. The minimum absolute atomic E-state index is 0.268. The Bertz CT molecular complexity index is 1270. The highest BCUT2D eigenvalue weighted by Gasteiger charge is 2.27. The number of carbonyl (C=O) groups is 1. The number of morpholine rings is 1. The number of ether oxygens (including phenoxy) is 1. The molecule has 1 aromatic heterocycles. The maximum absolute atomic E-state index is 13.0. The van der Waals surface area contributed by atoms with Gasteiger partial charge in [0.2, 0.25) is 0 Å². The van der Waals surface area contributed by atoms with Gasteiger partial charge in [0, 0.05) is 42.9 Å². The van der Waals surface area contributed by atoms with Crippen molar-refractivity contribution in [3.8, 4) is 11.8 Å². The van der Waals surface area contributed by atoms with E-state index in [9.17, 15) is 10.1 Å². The molecule has 2 aliphatic heterocycles. The Morgan fingerprint density at radius 3 is 2.53 bits per heavy atom. The third-order valence-corrected chi connectivity index (χ3v) is 7.32. The summed E-state index contributed by atoms with van der Waals surface area (Å²) in [5.41, 5.74) is 4.08. The molecule has 0 unspecified atom stereocenters. The molecule has 2 fully saturated rings. The molecule has 8 nitrogen and oxygen atoms in total. The van der Waals surface area contributed by atoms with E-state index in [-0.39, 0.29) is 5.91 Å². The maximum atomic E-state index is 13.0. The van der Waals surface area contributed by atoms with Gasteiger partial charge in [0.1, 0.15) is 6.07 Å². The molecule has 0 bridgehead atoms. The SMILES string of the molecule is Cc1c(C(=O)Nc2ccc(N3CCC(N4CCOCC4)CC3)c(C#N)c2)cnn1-c1ccc(Cl)cc1. The zero-order chi connectivity index (χ0) is 25.1. The second-order valence-electron chi connectivity index (χ2n) is 9.20. The molecule has 3 heterocycles. The quantitative estimate of drug-likeness (QED) is 0.558. The highest BCUT2D eigenvalue weighted by Crippen LogP contribution is 2.28. The lowest BCUT2D eigenvalue weighted by molar-refractivity contribution is 0.0115. The Balaban J connectivity index is 1.26. The lowest BCUT2D eigenvalue weighted by Gasteiger charge is -2.41. The Labute approximate surface area is 216 Å². The van der Waals surface area contributed by atoms with Gasteiger partial charge in [-0.05, 0) is 62.2 Å². The van der Waals surface area contributed by atoms with Crippen LogP contribution in [0.1, 0.15) is 34.5 Å². The van der Waals surface area contributed by atoms with Crippen LogP contribution in [-0.4, -0.2) is 66.0 Å². The molecule has 0 atom stereocenters. The number of benzene rings is 2. The van der Waals surface area contributed by atoms with E-state index >= 15 is 0 Å². The van der Waals surface area contributed by atoms with Crippen molar-refractivity contribution < 1.29 is 9.53 Å². The second-order valence-corrected chi connectivity index (χ2v) is 9.63. The largest absolute Gasteiger partial charge is 0.379 e. The number of nitriles is 1. The molecule has 0 radical (unpaired) electrons. The number of nitrogens with one attached hydrogen (secondary N) is 1. The highest BCUT2D eigenvalue weighted by atomic mass is 35.5. The summed E-state index contributed by atoms with van der Waals surface area (Å²) < 4.78 is 7.19. The summed E-state index contributed by atoms with van der Waals surface area (Å²) in [7, 11) is 0. The van der Waals surface area contributed by atoms with Crippen LogP contribution in [0.15, 0.2) is 48.7 Å². The van der Waals surface area contributed by atoms with Crippen molar-refractivity contribution in [1.29, 1.82) is 5.26 Å². The van der Waals surface area contributed by atoms with Gasteiger partial charge in [0.25, 0.3) is 5.91 Å². The number of hydrogen-bond donors (Lipinski definition) is 1. The highest BCUT2D eigenvalue weighted by molar-refractivity contribution is 6.30. The molecule has 1 N–H and O–H groups in total. The van der Waals surface area contributed by atoms with Crippen LogP contribution in [0.3, 0.4) is 0 Å². The number of anilines is 2. The first-order valence-electron chi connectivity index (χ1n) is 12.3. The number of rotatable bonds is 5. The van der Waals surface area contributed by atoms with Gasteiger partial charge in [-0.2, -0.15) is 10.4 Å². The van der Waals surface area contributed by atoms with E-state index in [1.165, 1.54) is 0 Å². The van der Waals surface area contributed by atoms with Gasteiger partial charge < -0.3 is 15.0 Å². The summed E-state index contributed by atoms with van der Waals surface area (Å²) in [5, 5.41) is 17.8. The lowest BCUT2D eigenvalue weighted by Crippen LogP contribution is -2.49. The molecule has 0 spiro atoms. The van der Waals surface area contributed by atoms with Crippen molar-refractivity contribution in [1.82, 2.24) is 14.7 Å². The van der Waals surface area contributed by atoms with Crippen LogP contribution in [0.5, 0.6) is 0 Å². The van der Waals surface area contributed by atoms with Crippen molar-refractivity contribution >= 4 is 28.9 Å². The van der Waals surface area contributed by atoms with Crippen LogP contribution in [0.25, 0.3) is 5.69 Å². The first-order chi connectivity index (χ1) is 17.5. The van der Waals surface area contributed by atoms with Gasteiger partial charge >= 0.3 is 0 Å². The average Bonchev–Trinajstić information content (AvgIpc) is 3.31. The summed E-state index contributed by atoms with van der Waals surface area (Å²) in [6, 6.07) is 15.7. The number of piperidine rings is 1. The molecule has 0 saturated carbocycles. The summed E-state index contributed by atoms with van der Waals surface area (Å²) >= 11 is 5.98. The molecule has 3 aromatic rings. The molecule has 2 aliphatic rings. The van der Waals surface area contributed by atoms with Gasteiger partial charge in [0.05, 0.1) is 47.6 Å². The van der Waals surface area contributed by atoms with Crippen molar-refractivity contribution in [2.45, 2.75) is 25.8 Å². The van der Waals surface area contributed by atoms with Crippen LogP contribution >= 0.6 is 11.6 Å². The van der Waals surface area contributed by atoms with Crippen LogP contribution in [0.4, 0.5) is 11.4 Å². The first kappa shape index (κ1) is 24.3. The lowest BCUT2D eigenvalue weighted by atomic mass is 10.0. The Morgan fingerprint density at radius 2 is 1.83 bits per heavy atom. The second kappa shape index (κ2) is 10.7. The van der Waals surface area contributed by atoms with Crippen molar-refractivity contribution in [3.63, 3.8) is 0 Å². The molecular formula is C27H29ClN6O2. The fraction of sp³-hybridized carbons (Fsp3) is 0.370.